The first-order valence-corrected chi connectivity index (χ1v) is 9.69. The monoisotopic (exact) mass is 375 g/mol. The van der Waals surface area contributed by atoms with Gasteiger partial charge in [-0.3, -0.25) is 4.79 Å². The number of hydrogen-bond acceptors (Lipinski definition) is 6. The minimum atomic E-state index is -0.896. The molecule has 2 heterocycles. The minimum absolute atomic E-state index is 0.0851. The smallest absolute Gasteiger partial charge is 0.309 e. The van der Waals surface area contributed by atoms with Gasteiger partial charge >= 0.3 is 5.97 Å². The zero-order valence-electron chi connectivity index (χ0n) is 15.4. The number of rotatable bonds is 6. The van der Waals surface area contributed by atoms with Crippen molar-refractivity contribution in [3.05, 3.63) is 52.8 Å². The predicted molar refractivity (Wildman–Crippen MR) is 106 cm³/mol. The summed E-state index contributed by atoms with van der Waals surface area (Å²) in [5.74, 6) is 0.494. The highest BCUT2D eigenvalue weighted by Gasteiger charge is 2.27. The highest BCUT2D eigenvalue weighted by molar-refractivity contribution is 6.17. The van der Waals surface area contributed by atoms with Crippen LogP contribution in [0.5, 0.6) is 0 Å². The third-order valence-electron chi connectivity index (χ3n) is 5.57. The summed E-state index contributed by atoms with van der Waals surface area (Å²) >= 11 is 0. The van der Waals surface area contributed by atoms with Crippen molar-refractivity contribution < 1.29 is 9.90 Å². The molecule has 2 aliphatic carbocycles. The Balaban J connectivity index is 1.20. The van der Waals surface area contributed by atoms with Gasteiger partial charge in [-0.1, -0.05) is 18.2 Å². The van der Waals surface area contributed by atoms with Crippen LogP contribution in [0.2, 0.25) is 0 Å². The third kappa shape index (κ3) is 3.52. The summed E-state index contributed by atoms with van der Waals surface area (Å²) in [5, 5.41) is 20.3. The Kier molecular flexibility index (Phi) is 4.15. The van der Waals surface area contributed by atoms with Gasteiger partial charge in [0.15, 0.2) is 0 Å². The normalized spacial score (nSPS) is 20.5. The molecule has 28 heavy (non-hydrogen) atoms. The van der Waals surface area contributed by atoms with Crippen molar-refractivity contribution in [2.45, 2.75) is 50.5 Å². The standard InChI is InChI=1S/C21H21N5O2/c27-20(28)9-18-8-19(26-25-18)16-10-22-21(23-11-16)24-17-6-14-4-3-13(12-1-2-12)5-15(14)7-17/h3-5,10-12,17H,1-2,6-9H2,(H,27,28)(H,22,23,24). The van der Waals surface area contributed by atoms with Crippen molar-refractivity contribution in [1.29, 1.82) is 0 Å². The van der Waals surface area contributed by atoms with Gasteiger partial charge in [0.2, 0.25) is 5.95 Å². The molecular weight excluding hydrogens is 354 g/mol. The zero-order valence-corrected chi connectivity index (χ0v) is 15.4. The number of aromatic nitrogens is 2. The number of aliphatic carboxylic acids is 1. The summed E-state index contributed by atoms with van der Waals surface area (Å²) < 4.78 is 0. The fourth-order valence-electron chi connectivity index (χ4n) is 3.97. The molecule has 2 N–H and O–H groups in total. The van der Waals surface area contributed by atoms with Gasteiger partial charge in [-0.2, -0.15) is 10.2 Å². The van der Waals surface area contributed by atoms with Gasteiger partial charge in [-0.15, -0.1) is 0 Å². The number of carboxylic acids is 1. The van der Waals surface area contributed by atoms with E-state index in [1.54, 1.807) is 12.4 Å². The molecular formula is C21H21N5O2. The number of benzene rings is 1. The molecule has 1 unspecified atom stereocenters. The van der Waals surface area contributed by atoms with E-state index in [2.05, 4.69) is 43.7 Å². The maximum atomic E-state index is 10.8. The minimum Gasteiger partial charge on any atom is -0.481 e. The summed E-state index contributed by atoms with van der Waals surface area (Å²) in [6.45, 7) is 0. The highest BCUT2D eigenvalue weighted by atomic mass is 16.4. The molecule has 1 aromatic heterocycles. The van der Waals surface area contributed by atoms with Gasteiger partial charge in [-0.25, -0.2) is 9.97 Å². The fourth-order valence-corrected chi connectivity index (χ4v) is 3.97. The quantitative estimate of drug-likeness (QED) is 0.809. The Bertz CT molecular complexity index is 992. The van der Waals surface area contributed by atoms with Gasteiger partial charge in [-0.05, 0) is 48.3 Å². The molecule has 0 bridgehead atoms. The molecule has 0 radical (unpaired) electrons. The number of hydrogen-bond donors (Lipinski definition) is 2. The topological polar surface area (TPSA) is 99.8 Å². The molecule has 3 aliphatic rings. The van der Waals surface area contributed by atoms with Gasteiger partial charge in [0, 0.05) is 30.4 Å². The molecule has 7 nitrogen and oxygen atoms in total. The van der Waals surface area contributed by atoms with Crippen LogP contribution in [0.1, 0.15) is 53.9 Å². The van der Waals surface area contributed by atoms with Crippen molar-refractivity contribution in [2.24, 2.45) is 10.2 Å². The lowest BCUT2D eigenvalue weighted by atomic mass is 10.0. The first-order valence-electron chi connectivity index (χ1n) is 9.69. The second-order valence-corrected chi connectivity index (χ2v) is 7.81. The van der Waals surface area contributed by atoms with Crippen LogP contribution in [0.4, 0.5) is 5.95 Å². The summed E-state index contributed by atoms with van der Waals surface area (Å²) in [7, 11) is 0. The van der Waals surface area contributed by atoms with E-state index in [0.717, 1.165) is 24.3 Å². The second-order valence-electron chi connectivity index (χ2n) is 7.81. The first kappa shape index (κ1) is 17.0. The maximum absolute atomic E-state index is 10.8. The van der Waals surface area contributed by atoms with Crippen molar-refractivity contribution in [3.8, 4) is 0 Å². The predicted octanol–water partition coefficient (Wildman–Crippen LogP) is 2.96. The molecule has 1 aliphatic heterocycles. The second kappa shape index (κ2) is 6.82. The zero-order chi connectivity index (χ0) is 19.1. The Morgan fingerprint density at radius 1 is 1.11 bits per heavy atom. The number of anilines is 1. The lowest BCUT2D eigenvalue weighted by Crippen LogP contribution is -2.21. The van der Waals surface area contributed by atoms with E-state index >= 15 is 0 Å². The summed E-state index contributed by atoms with van der Waals surface area (Å²) in [6, 6.07) is 7.25. The number of fused-ring (bicyclic) bond motifs is 1. The van der Waals surface area contributed by atoms with Gasteiger partial charge < -0.3 is 10.4 Å². The molecule has 7 heteroatoms. The Labute approximate surface area is 162 Å². The molecule has 2 aromatic rings. The van der Waals surface area contributed by atoms with E-state index in [4.69, 9.17) is 5.11 Å². The van der Waals surface area contributed by atoms with Crippen molar-refractivity contribution in [3.63, 3.8) is 0 Å². The third-order valence-corrected chi connectivity index (χ3v) is 5.57. The van der Waals surface area contributed by atoms with Crippen molar-refractivity contribution >= 4 is 23.3 Å². The maximum Gasteiger partial charge on any atom is 0.309 e. The molecule has 0 spiro atoms. The van der Waals surface area contributed by atoms with Crippen LogP contribution in [-0.4, -0.2) is 38.5 Å². The van der Waals surface area contributed by atoms with Crippen LogP contribution in [0.3, 0.4) is 0 Å². The number of nitrogens with zero attached hydrogens (tertiary/aromatic N) is 4. The number of carbonyl (C=O) groups is 1. The van der Waals surface area contributed by atoms with Crippen molar-refractivity contribution in [1.82, 2.24) is 9.97 Å². The highest BCUT2D eigenvalue weighted by Crippen LogP contribution is 2.41. The SMILES string of the molecule is O=C(O)CC1=NN=C(c2cnc(NC3Cc4ccc(C5CC5)cc4C3)nc2)C1. The lowest BCUT2D eigenvalue weighted by molar-refractivity contribution is -0.135. The molecule has 5 rings (SSSR count). The molecule has 1 atom stereocenters. The van der Waals surface area contributed by atoms with E-state index in [9.17, 15) is 4.79 Å². The molecule has 0 amide bonds. The van der Waals surface area contributed by atoms with Crippen molar-refractivity contribution in [2.75, 3.05) is 5.32 Å². The Morgan fingerprint density at radius 2 is 1.89 bits per heavy atom. The number of nitrogens with one attached hydrogen (secondary N) is 1. The average Bonchev–Trinajstić information content (AvgIpc) is 3.30. The van der Waals surface area contributed by atoms with Gasteiger partial charge in [0.05, 0.1) is 17.8 Å². The van der Waals surface area contributed by atoms with Crippen LogP contribution < -0.4 is 5.32 Å². The molecule has 1 fully saturated rings. The van der Waals surface area contributed by atoms with Gasteiger partial charge in [0.25, 0.3) is 0 Å². The van der Waals surface area contributed by atoms with E-state index in [1.807, 2.05) is 0 Å². The van der Waals surface area contributed by atoms with Crippen LogP contribution in [-0.2, 0) is 17.6 Å². The van der Waals surface area contributed by atoms with Crippen LogP contribution >= 0.6 is 0 Å². The Hall–Kier alpha value is -3.09. The largest absolute Gasteiger partial charge is 0.481 e. The Morgan fingerprint density at radius 3 is 2.64 bits per heavy atom. The van der Waals surface area contributed by atoms with Crippen LogP contribution in [0, 0.1) is 0 Å². The number of carboxylic acid groups (broad SMARTS) is 1. The fraction of sp³-hybridized carbons (Fsp3) is 0.381. The summed E-state index contributed by atoms with van der Waals surface area (Å²) in [5.41, 5.74) is 6.40. The molecule has 0 saturated heterocycles. The molecule has 1 saturated carbocycles. The van der Waals surface area contributed by atoms with E-state index in [1.165, 1.54) is 29.5 Å². The van der Waals surface area contributed by atoms with Crippen LogP contribution in [0.15, 0.2) is 40.8 Å². The van der Waals surface area contributed by atoms with E-state index < -0.39 is 5.97 Å². The van der Waals surface area contributed by atoms with Gasteiger partial charge in [0.1, 0.15) is 0 Å². The molecule has 1 aromatic carbocycles. The lowest BCUT2D eigenvalue weighted by Gasteiger charge is -2.11. The summed E-state index contributed by atoms with van der Waals surface area (Å²) in [4.78, 5) is 19.6. The first-order chi connectivity index (χ1) is 13.6. The van der Waals surface area contributed by atoms with E-state index in [-0.39, 0.29) is 6.42 Å². The summed E-state index contributed by atoms with van der Waals surface area (Å²) in [6.07, 6.45) is 8.44. The van der Waals surface area contributed by atoms with E-state index in [0.29, 0.717) is 29.8 Å². The molecule has 142 valence electrons. The average molecular weight is 375 g/mol. The van der Waals surface area contributed by atoms with Crippen LogP contribution in [0.25, 0.3) is 0 Å².